The van der Waals surface area contributed by atoms with Crippen LogP contribution in [0.5, 0.6) is 0 Å². The number of halogens is 2. The lowest BCUT2D eigenvalue weighted by Gasteiger charge is -2.20. The molecule has 0 saturated carbocycles. The molecule has 0 bridgehead atoms. The molecule has 0 aliphatic carbocycles. The molecule has 1 aromatic rings. The summed E-state index contributed by atoms with van der Waals surface area (Å²) in [5.41, 5.74) is 0.492. The summed E-state index contributed by atoms with van der Waals surface area (Å²) in [7, 11) is 0. The van der Waals surface area contributed by atoms with Crippen molar-refractivity contribution in [1.82, 2.24) is 5.32 Å². The Kier molecular flexibility index (Phi) is 4.91. The van der Waals surface area contributed by atoms with E-state index in [1.165, 1.54) is 0 Å². The van der Waals surface area contributed by atoms with Crippen LogP contribution in [0.25, 0.3) is 0 Å². The number of carbonyl (C=O) groups excluding carboxylic acids is 1. The van der Waals surface area contributed by atoms with Crippen LogP contribution in [0.15, 0.2) is 18.2 Å². The number of hydrogen-bond acceptors (Lipinski definition) is 2. The van der Waals surface area contributed by atoms with Crippen molar-refractivity contribution in [2.24, 2.45) is 0 Å². The molecule has 19 heavy (non-hydrogen) atoms. The molecule has 1 heterocycles. The van der Waals surface area contributed by atoms with Gasteiger partial charge < -0.3 is 15.4 Å². The Hall–Kier alpha value is -0.970. The molecule has 6 heteroatoms. The first-order chi connectivity index (χ1) is 9.08. The van der Waals surface area contributed by atoms with Crippen LogP contribution in [0.3, 0.4) is 0 Å². The first kappa shape index (κ1) is 14.4. The molecule has 1 fully saturated rings. The van der Waals surface area contributed by atoms with Crippen molar-refractivity contribution in [1.29, 1.82) is 0 Å². The average molecular weight is 303 g/mol. The van der Waals surface area contributed by atoms with E-state index in [4.69, 9.17) is 27.9 Å². The zero-order chi connectivity index (χ0) is 13.8. The maximum atomic E-state index is 11.9. The molecule has 0 unspecified atom stereocenters. The molecule has 2 rings (SSSR count). The van der Waals surface area contributed by atoms with Gasteiger partial charge >= 0.3 is 6.03 Å². The smallest absolute Gasteiger partial charge is 0.319 e. The van der Waals surface area contributed by atoms with E-state index in [0.717, 1.165) is 19.4 Å². The monoisotopic (exact) mass is 302 g/mol. The number of benzene rings is 1. The highest BCUT2D eigenvalue weighted by Crippen LogP contribution is 2.29. The first-order valence-electron chi connectivity index (χ1n) is 6.21. The maximum Gasteiger partial charge on any atom is 0.319 e. The van der Waals surface area contributed by atoms with Gasteiger partial charge in [0.05, 0.1) is 27.9 Å². The Balaban J connectivity index is 1.91. The fourth-order valence-corrected chi connectivity index (χ4v) is 2.40. The predicted molar refractivity (Wildman–Crippen MR) is 77.1 cm³/mol. The Morgan fingerprint density at radius 3 is 2.95 bits per heavy atom. The fraction of sp³-hybridized carbons (Fsp3) is 0.462. The van der Waals surface area contributed by atoms with Crippen molar-refractivity contribution in [3.63, 3.8) is 0 Å². The minimum absolute atomic E-state index is 0.0412. The highest BCUT2D eigenvalue weighted by molar-refractivity contribution is 6.43. The van der Waals surface area contributed by atoms with Crippen LogP contribution in [0.2, 0.25) is 10.0 Å². The van der Waals surface area contributed by atoms with E-state index in [1.54, 1.807) is 18.2 Å². The summed E-state index contributed by atoms with van der Waals surface area (Å²) in [5.74, 6) is 0. The summed E-state index contributed by atoms with van der Waals surface area (Å²) in [4.78, 5) is 11.9. The molecule has 1 aromatic carbocycles. The number of carbonyl (C=O) groups is 1. The van der Waals surface area contributed by atoms with E-state index in [-0.39, 0.29) is 18.2 Å². The molecule has 2 N–H and O–H groups in total. The molecule has 0 radical (unpaired) electrons. The quantitative estimate of drug-likeness (QED) is 0.895. The minimum atomic E-state index is -0.313. The largest absolute Gasteiger partial charge is 0.376 e. The number of anilines is 1. The lowest BCUT2D eigenvalue weighted by Crippen LogP contribution is -2.43. The molecular formula is C13H16Cl2N2O2. The van der Waals surface area contributed by atoms with E-state index in [0.29, 0.717) is 15.7 Å². The van der Waals surface area contributed by atoms with Gasteiger partial charge in [0, 0.05) is 6.61 Å². The average Bonchev–Trinajstić information content (AvgIpc) is 2.88. The predicted octanol–water partition coefficient (Wildman–Crippen LogP) is 3.68. The van der Waals surface area contributed by atoms with Gasteiger partial charge in [-0.05, 0) is 31.9 Å². The first-order valence-corrected chi connectivity index (χ1v) is 6.96. The molecule has 104 valence electrons. The van der Waals surface area contributed by atoms with Gasteiger partial charge in [0.2, 0.25) is 0 Å². The third-order valence-corrected chi connectivity index (χ3v) is 3.90. The van der Waals surface area contributed by atoms with Gasteiger partial charge in [0.15, 0.2) is 0 Å². The van der Waals surface area contributed by atoms with Crippen LogP contribution >= 0.6 is 23.2 Å². The van der Waals surface area contributed by atoms with Gasteiger partial charge in [-0.25, -0.2) is 4.79 Å². The standard InChI is InChI=1S/C13H16Cl2N2O2/c1-8(11-6-3-7-19-11)16-13(18)17-10-5-2-4-9(14)12(10)15/h2,4-5,8,11H,3,6-7H2,1H3,(H2,16,17,18)/t8-,11+/m1/s1. The second-order valence-electron chi connectivity index (χ2n) is 4.54. The van der Waals surface area contributed by atoms with E-state index < -0.39 is 0 Å². The lowest BCUT2D eigenvalue weighted by molar-refractivity contribution is 0.0868. The molecule has 1 aliphatic heterocycles. The summed E-state index contributed by atoms with van der Waals surface area (Å²) in [6.07, 6.45) is 2.10. The topological polar surface area (TPSA) is 50.4 Å². The number of ether oxygens (including phenoxy) is 1. The zero-order valence-corrected chi connectivity index (χ0v) is 12.1. The van der Waals surface area contributed by atoms with E-state index in [2.05, 4.69) is 10.6 Å². The van der Waals surface area contributed by atoms with Gasteiger partial charge in [-0.1, -0.05) is 29.3 Å². The van der Waals surface area contributed by atoms with Crippen LogP contribution in [-0.2, 0) is 4.74 Å². The van der Waals surface area contributed by atoms with Crippen LogP contribution in [0.4, 0.5) is 10.5 Å². The minimum Gasteiger partial charge on any atom is -0.376 e. The van der Waals surface area contributed by atoms with Crippen LogP contribution < -0.4 is 10.6 Å². The molecular weight excluding hydrogens is 287 g/mol. The second-order valence-corrected chi connectivity index (χ2v) is 5.33. The lowest BCUT2D eigenvalue weighted by atomic mass is 10.1. The summed E-state index contributed by atoms with van der Waals surface area (Å²) >= 11 is 11.9. The summed E-state index contributed by atoms with van der Waals surface area (Å²) in [5, 5.41) is 6.27. The van der Waals surface area contributed by atoms with E-state index >= 15 is 0 Å². The van der Waals surface area contributed by atoms with Crippen molar-refractivity contribution < 1.29 is 9.53 Å². The number of urea groups is 1. The Morgan fingerprint density at radius 1 is 1.47 bits per heavy atom. The normalized spacial score (nSPS) is 20.1. The van der Waals surface area contributed by atoms with Gasteiger partial charge in [0.25, 0.3) is 0 Å². The molecule has 0 aromatic heterocycles. The number of rotatable bonds is 3. The Morgan fingerprint density at radius 2 is 2.26 bits per heavy atom. The SMILES string of the molecule is C[C@@H](NC(=O)Nc1cccc(Cl)c1Cl)[C@@H]1CCCO1. The molecule has 2 amide bonds. The Bertz CT molecular complexity index is 462. The van der Waals surface area contributed by atoms with Gasteiger partial charge in [-0.2, -0.15) is 0 Å². The molecule has 2 atom stereocenters. The van der Waals surface area contributed by atoms with Gasteiger partial charge in [-0.3, -0.25) is 0 Å². The van der Waals surface area contributed by atoms with Gasteiger partial charge in [0.1, 0.15) is 0 Å². The third kappa shape index (κ3) is 3.75. The van der Waals surface area contributed by atoms with Crippen molar-refractivity contribution in [2.45, 2.75) is 31.9 Å². The summed E-state index contributed by atoms with van der Waals surface area (Å²) < 4.78 is 5.52. The zero-order valence-electron chi connectivity index (χ0n) is 10.6. The van der Waals surface area contributed by atoms with Gasteiger partial charge in [-0.15, -0.1) is 0 Å². The summed E-state index contributed by atoms with van der Waals surface area (Å²) in [6, 6.07) is 4.74. The van der Waals surface area contributed by atoms with Crippen LogP contribution in [-0.4, -0.2) is 24.8 Å². The van der Waals surface area contributed by atoms with Crippen molar-refractivity contribution in [3.05, 3.63) is 28.2 Å². The molecule has 1 aliphatic rings. The van der Waals surface area contributed by atoms with Crippen molar-refractivity contribution in [2.75, 3.05) is 11.9 Å². The maximum absolute atomic E-state index is 11.9. The highest BCUT2D eigenvalue weighted by Gasteiger charge is 2.23. The Labute approximate surface area is 122 Å². The van der Waals surface area contributed by atoms with Crippen molar-refractivity contribution >= 4 is 34.9 Å². The van der Waals surface area contributed by atoms with E-state index in [9.17, 15) is 4.79 Å². The van der Waals surface area contributed by atoms with E-state index in [1.807, 2.05) is 6.92 Å². The second kappa shape index (κ2) is 6.46. The number of amides is 2. The third-order valence-electron chi connectivity index (χ3n) is 3.08. The van der Waals surface area contributed by atoms with Crippen LogP contribution in [0.1, 0.15) is 19.8 Å². The highest BCUT2D eigenvalue weighted by atomic mass is 35.5. The van der Waals surface area contributed by atoms with Crippen molar-refractivity contribution in [3.8, 4) is 0 Å². The summed E-state index contributed by atoms with van der Waals surface area (Å²) in [6.45, 7) is 2.69. The molecule has 4 nitrogen and oxygen atoms in total. The molecule has 1 saturated heterocycles. The number of hydrogen-bond donors (Lipinski definition) is 2. The fourth-order valence-electron chi connectivity index (χ4n) is 2.06. The number of nitrogens with one attached hydrogen (secondary N) is 2. The van der Waals surface area contributed by atoms with Crippen LogP contribution in [0, 0.1) is 0 Å². The molecule has 0 spiro atoms.